The zero-order chi connectivity index (χ0) is 29.0. The molecule has 4 rings (SSSR count). The molecule has 0 radical (unpaired) electrons. The number of rotatable bonds is 10. The summed E-state index contributed by atoms with van der Waals surface area (Å²) < 4.78 is 13.0. The molecule has 0 spiro atoms. The van der Waals surface area contributed by atoms with Gasteiger partial charge in [-0.2, -0.15) is 9.78 Å². The van der Waals surface area contributed by atoms with Gasteiger partial charge in [0.2, 0.25) is 5.75 Å². The average Bonchev–Trinajstić information content (AvgIpc) is 2.95. The molecule has 0 aliphatic heterocycles. The summed E-state index contributed by atoms with van der Waals surface area (Å²) in [6.45, 7) is 3.73. The van der Waals surface area contributed by atoms with Crippen LogP contribution in [0.2, 0.25) is 0 Å². The highest BCUT2D eigenvalue weighted by atomic mass is 79.9. The number of nitro benzene ring substituents is 2. The Hall–Kier alpha value is -4.65. The van der Waals surface area contributed by atoms with Crippen molar-refractivity contribution in [3.8, 4) is 11.5 Å². The minimum absolute atomic E-state index is 0.0520. The smallest absolute Gasteiger partial charge is 0.315 e. The van der Waals surface area contributed by atoms with Crippen molar-refractivity contribution < 1.29 is 19.3 Å². The van der Waals surface area contributed by atoms with Crippen molar-refractivity contribution in [1.29, 1.82) is 0 Å². The molecule has 0 saturated carbocycles. The molecule has 0 bridgehead atoms. The molecule has 13 heteroatoms. The van der Waals surface area contributed by atoms with Crippen molar-refractivity contribution in [1.82, 2.24) is 9.66 Å². The van der Waals surface area contributed by atoms with Gasteiger partial charge in [-0.1, -0.05) is 41.9 Å². The van der Waals surface area contributed by atoms with Crippen LogP contribution in [0.4, 0.5) is 11.4 Å². The van der Waals surface area contributed by atoms with E-state index in [1.165, 1.54) is 48.3 Å². The van der Waals surface area contributed by atoms with Crippen molar-refractivity contribution in [3.05, 3.63) is 107 Å². The van der Waals surface area contributed by atoms with Gasteiger partial charge in [0.1, 0.15) is 12.4 Å². The third-order valence-electron chi connectivity index (χ3n) is 6.19. The highest BCUT2D eigenvalue weighted by molar-refractivity contribution is 9.10. The Morgan fingerprint density at radius 1 is 1.12 bits per heavy atom. The van der Waals surface area contributed by atoms with E-state index in [0.717, 1.165) is 0 Å². The Labute approximate surface area is 236 Å². The molecule has 0 unspecified atom stereocenters. The molecular weight excluding hydrogens is 586 g/mol. The molecule has 3 aromatic carbocycles. The summed E-state index contributed by atoms with van der Waals surface area (Å²) in [5.41, 5.74) is 0.359. The van der Waals surface area contributed by atoms with Gasteiger partial charge in [0.25, 0.3) is 11.2 Å². The molecule has 1 aromatic heterocycles. The minimum atomic E-state index is -0.630. The topological polar surface area (TPSA) is 152 Å². The first-order valence-electron chi connectivity index (χ1n) is 12.1. The van der Waals surface area contributed by atoms with Crippen molar-refractivity contribution in [2.24, 2.45) is 5.10 Å². The van der Waals surface area contributed by atoms with E-state index in [1.807, 2.05) is 13.8 Å². The third-order valence-corrected chi connectivity index (χ3v) is 6.68. The number of halogens is 1. The number of hydrogen-bond acceptors (Lipinski definition) is 9. The summed E-state index contributed by atoms with van der Waals surface area (Å²) in [7, 11) is 1.33. The number of hydrogen-bond donors (Lipinski definition) is 0. The first-order valence-corrected chi connectivity index (χ1v) is 12.9. The molecule has 0 aliphatic carbocycles. The SMILES string of the molecule is CC[C@@H](C)c1nc2ccc(Br)cc2c(=O)n1N=Cc1cc(OC)c(OCc2cccc([N+](=O)[O-])c2)c([N+](=O)[O-])c1. The van der Waals surface area contributed by atoms with Crippen LogP contribution < -0.4 is 15.0 Å². The van der Waals surface area contributed by atoms with Gasteiger partial charge >= 0.3 is 5.69 Å². The van der Waals surface area contributed by atoms with Crippen molar-refractivity contribution >= 4 is 44.4 Å². The van der Waals surface area contributed by atoms with Crippen LogP contribution in [0.15, 0.2) is 69.0 Å². The van der Waals surface area contributed by atoms with E-state index >= 15 is 0 Å². The van der Waals surface area contributed by atoms with Gasteiger partial charge in [-0.25, -0.2) is 4.98 Å². The fraction of sp³-hybridized carbons (Fsp3) is 0.222. The number of fused-ring (bicyclic) bond motifs is 1. The summed E-state index contributed by atoms with van der Waals surface area (Å²) in [5.74, 6) is 0.269. The maximum atomic E-state index is 13.4. The summed E-state index contributed by atoms with van der Waals surface area (Å²) in [5, 5.41) is 27.8. The largest absolute Gasteiger partial charge is 0.493 e. The number of methoxy groups -OCH3 is 1. The maximum absolute atomic E-state index is 13.4. The van der Waals surface area contributed by atoms with Gasteiger partial charge < -0.3 is 9.47 Å². The van der Waals surface area contributed by atoms with Crippen LogP contribution in [0.5, 0.6) is 11.5 Å². The van der Waals surface area contributed by atoms with E-state index in [1.54, 1.807) is 24.3 Å². The lowest BCUT2D eigenvalue weighted by atomic mass is 10.1. The van der Waals surface area contributed by atoms with Gasteiger partial charge in [-0.15, -0.1) is 0 Å². The van der Waals surface area contributed by atoms with E-state index < -0.39 is 15.5 Å². The summed E-state index contributed by atoms with van der Waals surface area (Å²) in [6.07, 6.45) is 2.03. The lowest BCUT2D eigenvalue weighted by Crippen LogP contribution is -2.23. The Morgan fingerprint density at radius 3 is 2.58 bits per heavy atom. The van der Waals surface area contributed by atoms with Crippen LogP contribution in [-0.4, -0.2) is 32.8 Å². The zero-order valence-electron chi connectivity index (χ0n) is 21.7. The molecule has 4 aromatic rings. The van der Waals surface area contributed by atoms with E-state index in [2.05, 4.69) is 26.0 Å². The van der Waals surface area contributed by atoms with Crippen LogP contribution in [0.3, 0.4) is 0 Å². The van der Waals surface area contributed by atoms with Crippen LogP contribution in [0, 0.1) is 20.2 Å². The monoisotopic (exact) mass is 609 g/mol. The molecule has 0 saturated heterocycles. The van der Waals surface area contributed by atoms with Gasteiger partial charge in [0.05, 0.1) is 34.1 Å². The molecule has 40 heavy (non-hydrogen) atoms. The number of nitrogens with zero attached hydrogens (tertiary/aromatic N) is 5. The molecule has 206 valence electrons. The van der Waals surface area contributed by atoms with Gasteiger partial charge in [-0.05, 0) is 36.2 Å². The summed E-state index contributed by atoms with van der Waals surface area (Å²) in [6, 6.07) is 13.7. The Bertz CT molecular complexity index is 1700. The highest BCUT2D eigenvalue weighted by Crippen LogP contribution is 2.38. The van der Waals surface area contributed by atoms with E-state index in [9.17, 15) is 25.0 Å². The number of aromatic nitrogens is 2. The molecule has 0 aliphatic rings. The second-order valence-corrected chi connectivity index (χ2v) is 9.76. The second-order valence-electron chi connectivity index (χ2n) is 8.85. The van der Waals surface area contributed by atoms with Crippen LogP contribution >= 0.6 is 15.9 Å². The van der Waals surface area contributed by atoms with Crippen LogP contribution in [0.1, 0.15) is 43.1 Å². The normalized spacial score (nSPS) is 12.0. The summed E-state index contributed by atoms with van der Waals surface area (Å²) in [4.78, 5) is 39.9. The highest BCUT2D eigenvalue weighted by Gasteiger charge is 2.23. The Kier molecular flexibility index (Phi) is 8.53. The quantitative estimate of drug-likeness (QED) is 0.121. The predicted molar refractivity (Wildman–Crippen MR) is 152 cm³/mol. The van der Waals surface area contributed by atoms with Gasteiger partial charge in [0.15, 0.2) is 5.75 Å². The van der Waals surface area contributed by atoms with Gasteiger partial charge in [-0.3, -0.25) is 25.0 Å². The second kappa shape index (κ2) is 12.0. The lowest BCUT2D eigenvalue weighted by molar-refractivity contribution is -0.386. The molecule has 1 atom stereocenters. The van der Waals surface area contributed by atoms with E-state index in [-0.39, 0.29) is 40.8 Å². The first kappa shape index (κ1) is 28.4. The molecule has 0 fully saturated rings. The van der Waals surface area contributed by atoms with Crippen molar-refractivity contribution in [3.63, 3.8) is 0 Å². The van der Waals surface area contributed by atoms with Crippen LogP contribution in [0.25, 0.3) is 10.9 Å². The molecule has 12 nitrogen and oxygen atoms in total. The van der Waals surface area contributed by atoms with E-state index in [4.69, 9.17) is 9.47 Å². The molecule has 0 amide bonds. The Balaban J connectivity index is 1.75. The average molecular weight is 610 g/mol. The summed E-state index contributed by atoms with van der Waals surface area (Å²) >= 11 is 3.38. The molecular formula is C27H24BrN5O7. The number of ether oxygens (including phenoxy) is 2. The number of nitro groups is 2. The number of non-ortho nitro benzene ring substituents is 1. The van der Waals surface area contributed by atoms with Crippen molar-refractivity contribution in [2.75, 3.05) is 7.11 Å². The standard InChI is InChI=1S/C27H24BrN5O7/c1-4-16(2)26-30-22-9-8-19(28)13-21(22)27(34)31(26)29-14-18-11-23(33(37)38)25(24(12-18)39-3)40-15-17-6-5-7-20(10-17)32(35)36/h5-14,16H,4,15H2,1-3H3/t16-/m1/s1. The molecule has 0 N–H and O–H groups in total. The van der Waals surface area contributed by atoms with E-state index in [0.29, 0.717) is 33.2 Å². The predicted octanol–water partition coefficient (Wildman–Crippen LogP) is 5.96. The minimum Gasteiger partial charge on any atom is -0.493 e. The Morgan fingerprint density at radius 2 is 1.90 bits per heavy atom. The first-order chi connectivity index (χ1) is 19.1. The maximum Gasteiger partial charge on any atom is 0.315 e. The fourth-order valence-corrected chi connectivity index (χ4v) is 4.29. The lowest BCUT2D eigenvalue weighted by Gasteiger charge is -2.14. The fourth-order valence-electron chi connectivity index (χ4n) is 3.93. The molecule has 1 heterocycles. The van der Waals surface area contributed by atoms with Gasteiger partial charge in [0, 0.05) is 34.2 Å². The van der Waals surface area contributed by atoms with Crippen LogP contribution in [-0.2, 0) is 6.61 Å². The number of benzene rings is 3. The third kappa shape index (κ3) is 5.99. The zero-order valence-corrected chi connectivity index (χ0v) is 23.3. The van der Waals surface area contributed by atoms with Crippen molar-refractivity contribution in [2.45, 2.75) is 32.8 Å².